The number of thioether (sulfide) groups is 1. The maximum Gasteiger partial charge on any atom is 0.338 e. The first-order valence-electron chi connectivity index (χ1n) is 6.97. The second-order valence-electron chi connectivity index (χ2n) is 5.13. The van der Waals surface area contributed by atoms with E-state index in [1.54, 1.807) is 0 Å². The lowest BCUT2D eigenvalue weighted by molar-refractivity contribution is 0.0694. The summed E-state index contributed by atoms with van der Waals surface area (Å²) in [7, 11) is 1.97. The molecule has 0 unspecified atom stereocenters. The molecule has 20 heavy (non-hydrogen) atoms. The molecule has 0 atom stereocenters. The van der Waals surface area contributed by atoms with Gasteiger partial charge >= 0.3 is 5.97 Å². The quantitative estimate of drug-likeness (QED) is 0.817. The molecule has 1 aromatic carbocycles. The Morgan fingerprint density at radius 3 is 2.70 bits per heavy atom. The molecule has 1 heterocycles. The van der Waals surface area contributed by atoms with Crippen LogP contribution in [0.4, 0.5) is 5.69 Å². The first kappa shape index (κ1) is 15.2. The highest BCUT2D eigenvalue weighted by molar-refractivity contribution is 7.98. The molecule has 0 saturated carbocycles. The average molecular weight is 294 g/mol. The fourth-order valence-electron chi connectivity index (χ4n) is 2.64. The molecular formula is C15H22N2O2S. The van der Waals surface area contributed by atoms with Crippen molar-refractivity contribution in [1.82, 2.24) is 4.90 Å². The SMILES string of the molecule is CSc1cccc(N(C)CCN2CCCC2)c1C(=O)O. The van der Waals surface area contributed by atoms with Gasteiger partial charge < -0.3 is 14.9 Å². The Balaban J connectivity index is 2.11. The highest BCUT2D eigenvalue weighted by atomic mass is 32.2. The van der Waals surface area contributed by atoms with Crippen LogP contribution in [0.15, 0.2) is 23.1 Å². The summed E-state index contributed by atoms with van der Waals surface area (Å²) in [6.07, 6.45) is 4.48. The maximum absolute atomic E-state index is 11.5. The monoisotopic (exact) mass is 294 g/mol. The number of nitrogens with zero attached hydrogens (tertiary/aromatic N) is 2. The number of aromatic carboxylic acids is 1. The van der Waals surface area contributed by atoms with Gasteiger partial charge in [-0.3, -0.25) is 0 Å². The van der Waals surface area contributed by atoms with Gasteiger partial charge in [0.2, 0.25) is 0 Å². The van der Waals surface area contributed by atoms with Crippen molar-refractivity contribution in [1.29, 1.82) is 0 Å². The van der Waals surface area contributed by atoms with Gasteiger partial charge in [0.05, 0.1) is 11.3 Å². The number of likely N-dealkylation sites (tertiary alicyclic amines) is 1. The number of rotatable bonds is 6. The van der Waals surface area contributed by atoms with Gasteiger partial charge in [-0.05, 0) is 44.3 Å². The summed E-state index contributed by atoms with van der Waals surface area (Å²) in [5.74, 6) is -0.849. The van der Waals surface area contributed by atoms with Crippen LogP contribution in [-0.4, -0.2) is 55.5 Å². The van der Waals surface area contributed by atoms with Crippen LogP contribution in [-0.2, 0) is 0 Å². The Morgan fingerprint density at radius 2 is 2.10 bits per heavy atom. The molecule has 0 bridgehead atoms. The summed E-state index contributed by atoms with van der Waals surface area (Å²) in [4.78, 5) is 16.8. The standard InChI is InChI=1S/C15H22N2O2S/c1-16(10-11-17-8-3-4-9-17)12-6-5-7-13(20-2)14(12)15(18)19/h5-7H,3-4,8-11H2,1-2H3,(H,18,19). The zero-order valence-electron chi connectivity index (χ0n) is 12.1. The van der Waals surface area contributed by atoms with Crippen LogP contribution in [0.2, 0.25) is 0 Å². The molecule has 5 heteroatoms. The molecule has 0 spiro atoms. The molecule has 1 saturated heterocycles. The Bertz CT molecular complexity index is 473. The number of carboxylic acid groups (broad SMARTS) is 1. The summed E-state index contributed by atoms with van der Waals surface area (Å²) in [5, 5.41) is 9.46. The van der Waals surface area contributed by atoms with Gasteiger partial charge in [0, 0.05) is 25.0 Å². The molecule has 1 N–H and O–H groups in total. The topological polar surface area (TPSA) is 43.8 Å². The molecule has 1 fully saturated rings. The van der Waals surface area contributed by atoms with E-state index in [9.17, 15) is 9.90 Å². The smallest absolute Gasteiger partial charge is 0.338 e. The third kappa shape index (κ3) is 3.46. The van der Waals surface area contributed by atoms with E-state index in [0.717, 1.165) is 23.7 Å². The minimum atomic E-state index is -0.849. The van der Waals surface area contributed by atoms with Gasteiger partial charge in [0.15, 0.2) is 0 Å². The molecule has 110 valence electrons. The molecule has 4 nitrogen and oxygen atoms in total. The lowest BCUT2D eigenvalue weighted by atomic mass is 10.1. The molecule has 2 rings (SSSR count). The van der Waals surface area contributed by atoms with Crippen LogP contribution in [0.1, 0.15) is 23.2 Å². The van der Waals surface area contributed by atoms with Crippen molar-refractivity contribution < 1.29 is 9.90 Å². The maximum atomic E-state index is 11.5. The fourth-order valence-corrected chi connectivity index (χ4v) is 3.25. The van der Waals surface area contributed by atoms with E-state index in [0.29, 0.717) is 5.56 Å². The van der Waals surface area contributed by atoms with E-state index in [2.05, 4.69) is 9.80 Å². The third-order valence-electron chi connectivity index (χ3n) is 3.80. The van der Waals surface area contributed by atoms with Crippen LogP contribution in [0.3, 0.4) is 0 Å². The zero-order valence-corrected chi connectivity index (χ0v) is 12.9. The fraction of sp³-hybridized carbons (Fsp3) is 0.533. The second-order valence-corrected chi connectivity index (χ2v) is 5.98. The lowest BCUT2D eigenvalue weighted by Crippen LogP contribution is -2.32. The van der Waals surface area contributed by atoms with Crippen LogP contribution in [0.25, 0.3) is 0 Å². The Labute approximate surface area is 124 Å². The Hall–Kier alpha value is -1.20. The number of anilines is 1. The number of hydrogen-bond acceptors (Lipinski definition) is 4. The highest BCUT2D eigenvalue weighted by Crippen LogP contribution is 2.29. The van der Waals surface area contributed by atoms with Crippen LogP contribution in [0.5, 0.6) is 0 Å². The van der Waals surface area contributed by atoms with Crippen LogP contribution < -0.4 is 4.90 Å². The van der Waals surface area contributed by atoms with E-state index in [-0.39, 0.29) is 0 Å². The van der Waals surface area contributed by atoms with Crippen molar-refractivity contribution in [3.05, 3.63) is 23.8 Å². The largest absolute Gasteiger partial charge is 0.478 e. The van der Waals surface area contributed by atoms with E-state index < -0.39 is 5.97 Å². The van der Waals surface area contributed by atoms with Crippen molar-refractivity contribution in [2.24, 2.45) is 0 Å². The summed E-state index contributed by atoms with van der Waals surface area (Å²) in [6.45, 7) is 4.20. The molecule has 0 radical (unpaired) electrons. The first-order valence-corrected chi connectivity index (χ1v) is 8.19. The number of likely N-dealkylation sites (N-methyl/N-ethyl adjacent to an activating group) is 1. The van der Waals surface area contributed by atoms with E-state index in [4.69, 9.17) is 0 Å². The molecule has 0 amide bonds. The average Bonchev–Trinajstić information content (AvgIpc) is 2.96. The Kier molecular flexibility index (Phi) is 5.31. The summed E-state index contributed by atoms with van der Waals surface area (Å²) < 4.78 is 0. The lowest BCUT2D eigenvalue weighted by Gasteiger charge is -2.25. The molecule has 0 aromatic heterocycles. The molecule has 1 aliphatic rings. The first-order chi connectivity index (χ1) is 9.63. The van der Waals surface area contributed by atoms with Crippen molar-refractivity contribution in [2.75, 3.05) is 44.4 Å². The van der Waals surface area contributed by atoms with E-state index >= 15 is 0 Å². The molecule has 0 aliphatic carbocycles. The molecule has 1 aliphatic heterocycles. The Morgan fingerprint density at radius 1 is 1.40 bits per heavy atom. The normalized spacial score (nSPS) is 15.5. The number of hydrogen-bond donors (Lipinski definition) is 1. The van der Waals surface area contributed by atoms with Gasteiger partial charge in [0.1, 0.15) is 0 Å². The van der Waals surface area contributed by atoms with E-state index in [1.807, 2.05) is 31.5 Å². The van der Waals surface area contributed by atoms with Crippen molar-refractivity contribution in [3.63, 3.8) is 0 Å². The van der Waals surface area contributed by atoms with Gasteiger partial charge in [-0.2, -0.15) is 0 Å². The van der Waals surface area contributed by atoms with Gasteiger partial charge in [0.25, 0.3) is 0 Å². The summed E-state index contributed by atoms with van der Waals surface area (Å²) >= 11 is 1.48. The zero-order chi connectivity index (χ0) is 14.5. The summed E-state index contributed by atoms with van der Waals surface area (Å²) in [5.41, 5.74) is 1.23. The number of benzene rings is 1. The number of carbonyl (C=O) groups is 1. The van der Waals surface area contributed by atoms with Crippen molar-refractivity contribution in [3.8, 4) is 0 Å². The van der Waals surface area contributed by atoms with Gasteiger partial charge in [-0.25, -0.2) is 4.79 Å². The minimum absolute atomic E-state index is 0.420. The van der Waals surface area contributed by atoms with Crippen molar-refractivity contribution in [2.45, 2.75) is 17.7 Å². The second kappa shape index (κ2) is 6.99. The predicted molar refractivity (Wildman–Crippen MR) is 84.1 cm³/mol. The van der Waals surface area contributed by atoms with Gasteiger partial charge in [-0.1, -0.05) is 6.07 Å². The van der Waals surface area contributed by atoms with Crippen LogP contribution in [0, 0.1) is 0 Å². The number of carboxylic acids is 1. The van der Waals surface area contributed by atoms with Crippen LogP contribution >= 0.6 is 11.8 Å². The minimum Gasteiger partial charge on any atom is -0.478 e. The van der Waals surface area contributed by atoms with Gasteiger partial charge in [-0.15, -0.1) is 11.8 Å². The molecule has 1 aromatic rings. The summed E-state index contributed by atoms with van der Waals surface area (Å²) in [6, 6.07) is 5.69. The molecular weight excluding hydrogens is 272 g/mol. The van der Waals surface area contributed by atoms with E-state index in [1.165, 1.54) is 37.7 Å². The predicted octanol–water partition coefficient (Wildman–Crippen LogP) is 2.64. The third-order valence-corrected chi connectivity index (χ3v) is 4.58. The highest BCUT2D eigenvalue weighted by Gasteiger charge is 2.18. The van der Waals surface area contributed by atoms with Crippen molar-refractivity contribution >= 4 is 23.4 Å².